The summed E-state index contributed by atoms with van der Waals surface area (Å²) in [6.45, 7) is 0.502. The molecule has 4 aromatic rings. The Kier molecular flexibility index (Phi) is 4.12. The summed E-state index contributed by atoms with van der Waals surface area (Å²) in [5.74, 6) is -1.32. The number of carboxylic acid groups (broad SMARTS) is 1. The van der Waals surface area contributed by atoms with E-state index < -0.39 is 16.9 Å². The number of hydrogen-bond donors (Lipinski definition) is 1. The normalized spacial score (nSPS) is 26.4. The van der Waals surface area contributed by atoms with Gasteiger partial charge in [0, 0.05) is 23.6 Å². The number of hydrogen-bond acceptors (Lipinski definition) is 4. The van der Waals surface area contributed by atoms with Gasteiger partial charge in [-0.15, -0.1) is 0 Å². The number of fused-ring (bicyclic) bond motifs is 3. The molecule has 3 atom stereocenters. The Labute approximate surface area is 208 Å². The Hall–Kier alpha value is -4.09. The topological polar surface area (TPSA) is 74.7 Å². The zero-order chi connectivity index (χ0) is 24.8. The Balaban J connectivity index is 1.54. The summed E-state index contributed by atoms with van der Waals surface area (Å²) >= 11 is 0. The van der Waals surface area contributed by atoms with Crippen LogP contribution in [0.25, 0.3) is 10.8 Å². The molecule has 0 aromatic heterocycles. The predicted molar refractivity (Wildman–Crippen MR) is 136 cm³/mol. The molecule has 2 aliphatic carbocycles. The van der Waals surface area contributed by atoms with Crippen LogP contribution in [0.2, 0.25) is 0 Å². The first kappa shape index (κ1) is 21.2. The number of Topliss-reactive ketones (excluding diaryl/α,β-unsaturated/α-hetero) is 2. The van der Waals surface area contributed by atoms with E-state index in [2.05, 4.69) is 4.90 Å². The monoisotopic (exact) mass is 473 g/mol. The van der Waals surface area contributed by atoms with Crippen molar-refractivity contribution in [3.63, 3.8) is 0 Å². The number of nitrogens with zero attached hydrogens (tertiary/aromatic N) is 1. The SMILES string of the molecule is CN1C[C@H](c2ccc(C(=O)O)cc2)[C@]2(Cc3ccccc3C2=O)[C@]12C(=O)c1cccc3cccc2c13. The standard InChI is InChI=1S/C31H23NO4/c1-32-17-25(18-12-14-20(15-13-18)29(35)36)30(16-21-6-2-3-9-22(21)27(30)33)31(32)24-11-5-8-19-7-4-10-23(26(19)24)28(31)34/h2-15,25H,16-17H2,1H3,(H,35,36)/t25-,30+,31+/m1/s1. The number of carboxylic acids is 1. The van der Waals surface area contributed by atoms with Gasteiger partial charge < -0.3 is 5.11 Å². The van der Waals surface area contributed by atoms with Gasteiger partial charge in [-0.3, -0.25) is 14.5 Å². The van der Waals surface area contributed by atoms with Crippen molar-refractivity contribution < 1.29 is 19.5 Å². The molecule has 1 aliphatic heterocycles. The number of aromatic carboxylic acids is 1. The maximum Gasteiger partial charge on any atom is 0.335 e. The fourth-order valence-corrected chi connectivity index (χ4v) is 7.47. The number of carbonyl (C=O) groups is 3. The third kappa shape index (κ3) is 2.27. The molecule has 7 rings (SSSR count). The van der Waals surface area contributed by atoms with Crippen molar-refractivity contribution >= 4 is 28.3 Å². The van der Waals surface area contributed by atoms with Crippen molar-refractivity contribution in [1.29, 1.82) is 0 Å². The molecule has 1 N–H and O–H groups in total. The van der Waals surface area contributed by atoms with Gasteiger partial charge in [-0.1, -0.05) is 72.8 Å². The molecular weight excluding hydrogens is 450 g/mol. The highest BCUT2D eigenvalue weighted by Gasteiger charge is 2.74. The second-order valence-corrected chi connectivity index (χ2v) is 10.2. The molecule has 0 radical (unpaired) electrons. The first-order chi connectivity index (χ1) is 17.4. The molecule has 3 aliphatic rings. The van der Waals surface area contributed by atoms with E-state index in [-0.39, 0.29) is 23.0 Å². The van der Waals surface area contributed by atoms with Crippen LogP contribution in [0.15, 0.2) is 84.9 Å². The highest BCUT2D eigenvalue weighted by atomic mass is 16.4. The molecule has 5 heteroatoms. The lowest BCUT2D eigenvalue weighted by molar-refractivity contribution is 0.0342. The third-order valence-electron chi connectivity index (χ3n) is 8.83. The minimum absolute atomic E-state index is 0.00656. The molecule has 36 heavy (non-hydrogen) atoms. The van der Waals surface area contributed by atoms with E-state index in [0.29, 0.717) is 24.1 Å². The predicted octanol–water partition coefficient (Wildman–Crippen LogP) is 5.08. The number of likely N-dealkylation sites (tertiary alicyclic amines) is 1. The first-order valence-corrected chi connectivity index (χ1v) is 12.2. The Morgan fingerprint density at radius 3 is 2.28 bits per heavy atom. The van der Waals surface area contributed by atoms with Crippen LogP contribution in [0.4, 0.5) is 0 Å². The van der Waals surface area contributed by atoms with E-state index in [1.807, 2.05) is 79.8 Å². The van der Waals surface area contributed by atoms with E-state index in [1.54, 1.807) is 12.1 Å². The van der Waals surface area contributed by atoms with Crippen molar-refractivity contribution in [3.05, 3.63) is 118 Å². The van der Waals surface area contributed by atoms with Crippen LogP contribution in [-0.2, 0) is 12.0 Å². The number of ketones is 2. The van der Waals surface area contributed by atoms with E-state index in [4.69, 9.17) is 0 Å². The van der Waals surface area contributed by atoms with Crippen molar-refractivity contribution in [2.75, 3.05) is 13.6 Å². The van der Waals surface area contributed by atoms with Crippen molar-refractivity contribution in [3.8, 4) is 0 Å². The summed E-state index contributed by atoms with van der Waals surface area (Å²) in [5.41, 5.74) is 2.07. The average Bonchev–Trinajstić information content (AvgIpc) is 3.44. The van der Waals surface area contributed by atoms with Crippen molar-refractivity contribution in [1.82, 2.24) is 4.90 Å². The van der Waals surface area contributed by atoms with Crippen LogP contribution >= 0.6 is 0 Å². The summed E-state index contributed by atoms with van der Waals surface area (Å²) in [4.78, 5) is 42.8. The zero-order valence-electron chi connectivity index (χ0n) is 19.7. The highest BCUT2D eigenvalue weighted by Crippen LogP contribution is 2.67. The van der Waals surface area contributed by atoms with Crippen molar-refractivity contribution in [2.24, 2.45) is 5.41 Å². The summed E-state index contributed by atoms with van der Waals surface area (Å²) in [6, 6.07) is 26.3. The largest absolute Gasteiger partial charge is 0.478 e. The van der Waals surface area contributed by atoms with Gasteiger partial charge >= 0.3 is 5.97 Å². The molecule has 0 unspecified atom stereocenters. The third-order valence-corrected chi connectivity index (χ3v) is 8.83. The number of carbonyl (C=O) groups excluding carboxylic acids is 2. The summed E-state index contributed by atoms with van der Waals surface area (Å²) in [7, 11) is 1.95. The Bertz CT molecular complexity index is 1630. The van der Waals surface area contributed by atoms with Gasteiger partial charge in [0.2, 0.25) is 0 Å². The van der Waals surface area contributed by atoms with Gasteiger partial charge in [0.05, 0.1) is 11.0 Å². The summed E-state index contributed by atoms with van der Waals surface area (Å²) in [6.07, 6.45) is 0.452. The fraction of sp³-hybridized carbons (Fsp3) is 0.194. The fourth-order valence-electron chi connectivity index (χ4n) is 7.47. The highest BCUT2D eigenvalue weighted by molar-refractivity contribution is 6.24. The molecule has 0 saturated carbocycles. The lowest BCUT2D eigenvalue weighted by Gasteiger charge is -2.44. The molecule has 0 bridgehead atoms. The quantitative estimate of drug-likeness (QED) is 0.439. The van der Waals surface area contributed by atoms with E-state index in [0.717, 1.165) is 27.5 Å². The lowest BCUT2D eigenvalue weighted by atomic mass is 9.58. The molecule has 5 nitrogen and oxygen atoms in total. The lowest BCUT2D eigenvalue weighted by Crippen LogP contribution is -2.57. The van der Waals surface area contributed by atoms with Gasteiger partial charge in [0.15, 0.2) is 11.6 Å². The molecule has 0 amide bonds. The smallest absolute Gasteiger partial charge is 0.335 e. The van der Waals surface area contributed by atoms with E-state index >= 15 is 0 Å². The van der Waals surface area contributed by atoms with Crippen LogP contribution in [0.1, 0.15) is 53.7 Å². The molecule has 1 saturated heterocycles. The Morgan fingerprint density at radius 1 is 0.861 bits per heavy atom. The molecule has 176 valence electrons. The van der Waals surface area contributed by atoms with Gasteiger partial charge in [0.1, 0.15) is 5.54 Å². The molecule has 2 spiro atoms. The minimum atomic E-state index is -1.15. The van der Waals surface area contributed by atoms with Crippen LogP contribution < -0.4 is 0 Å². The van der Waals surface area contributed by atoms with Gasteiger partial charge in [-0.25, -0.2) is 4.79 Å². The number of benzene rings is 4. The van der Waals surface area contributed by atoms with E-state index in [9.17, 15) is 19.5 Å². The molecule has 1 heterocycles. The maximum atomic E-state index is 14.6. The van der Waals surface area contributed by atoms with Crippen LogP contribution in [0, 0.1) is 5.41 Å². The Morgan fingerprint density at radius 2 is 1.56 bits per heavy atom. The summed E-state index contributed by atoms with van der Waals surface area (Å²) in [5, 5.41) is 11.4. The summed E-state index contributed by atoms with van der Waals surface area (Å²) < 4.78 is 0. The second kappa shape index (κ2) is 6.99. The number of likely N-dealkylation sites (N-methyl/N-ethyl adjacent to an activating group) is 1. The minimum Gasteiger partial charge on any atom is -0.478 e. The van der Waals surface area contributed by atoms with Gasteiger partial charge in [-0.05, 0) is 53.1 Å². The van der Waals surface area contributed by atoms with Gasteiger partial charge in [0.25, 0.3) is 0 Å². The van der Waals surface area contributed by atoms with Crippen LogP contribution in [0.5, 0.6) is 0 Å². The molecule has 4 aromatic carbocycles. The average molecular weight is 474 g/mol. The maximum absolute atomic E-state index is 14.6. The molecule has 1 fully saturated rings. The van der Waals surface area contributed by atoms with Crippen LogP contribution in [0.3, 0.4) is 0 Å². The van der Waals surface area contributed by atoms with Crippen LogP contribution in [-0.4, -0.2) is 41.1 Å². The zero-order valence-corrected chi connectivity index (χ0v) is 19.7. The second-order valence-electron chi connectivity index (χ2n) is 10.2. The van der Waals surface area contributed by atoms with Gasteiger partial charge in [-0.2, -0.15) is 0 Å². The molecular formula is C31H23NO4. The van der Waals surface area contributed by atoms with Crippen molar-refractivity contribution in [2.45, 2.75) is 17.9 Å². The first-order valence-electron chi connectivity index (χ1n) is 12.2. The number of rotatable bonds is 2. The van der Waals surface area contributed by atoms with E-state index in [1.165, 1.54) is 0 Å².